The van der Waals surface area contributed by atoms with Gasteiger partial charge in [-0.25, -0.2) is 0 Å². The van der Waals surface area contributed by atoms with E-state index in [-0.39, 0.29) is 23.8 Å². The van der Waals surface area contributed by atoms with Gasteiger partial charge in [0.2, 0.25) is 5.91 Å². The van der Waals surface area contributed by atoms with Crippen LogP contribution in [0.15, 0.2) is 0 Å². The molecule has 0 aromatic heterocycles. The van der Waals surface area contributed by atoms with Crippen molar-refractivity contribution >= 4 is 18.5 Å². The Bertz CT molecular complexity index is 148. The standard InChI is InChI=1S/C8H17NO2S/c1-6(2)9(4-5-10)8(11)7(3)12/h6-7,10,12H,4-5H2,1-3H3. The van der Waals surface area contributed by atoms with Crippen molar-refractivity contribution in [3.63, 3.8) is 0 Å². The fraction of sp³-hybridized carbons (Fsp3) is 0.875. The summed E-state index contributed by atoms with van der Waals surface area (Å²) < 4.78 is 0. The van der Waals surface area contributed by atoms with Gasteiger partial charge in [0, 0.05) is 12.6 Å². The van der Waals surface area contributed by atoms with E-state index in [0.717, 1.165) is 0 Å². The van der Waals surface area contributed by atoms with Gasteiger partial charge in [0.15, 0.2) is 0 Å². The Labute approximate surface area is 79.2 Å². The molecule has 0 saturated heterocycles. The molecular formula is C8H17NO2S. The lowest BCUT2D eigenvalue weighted by atomic mass is 10.3. The minimum atomic E-state index is -0.293. The normalized spacial score (nSPS) is 13.2. The van der Waals surface area contributed by atoms with E-state index in [1.54, 1.807) is 11.8 Å². The van der Waals surface area contributed by atoms with E-state index >= 15 is 0 Å². The fourth-order valence-corrected chi connectivity index (χ4v) is 1.12. The van der Waals surface area contributed by atoms with Crippen LogP contribution >= 0.6 is 12.6 Å². The maximum Gasteiger partial charge on any atom is 0.235 e. The second-order valence-corrected chi connectivity index (χ2v) is 3.80. The highest BCUT2D eigenvalue weighted by Crippen LogP contribution is 2.04. The van der Waals surface area contributed by atoms with Crippen LogP contribution in [0.1, 0.15) is 20.8 Å². The van der Waals surface area contributed by atoms with E-state index in [4.69, 9.17) is 5.11 Å². The van der Waals surface area contributed by atoms with Crippen molar-refractivity contribution < 1.29 is 9.90 Å². The van der Waals surface area contributed by atoms with Gasteiger partial charge in [-0.2, -0.15) is 12.6 Å². The average Bonchev–Trinajstić information content (AvgIpc) is 1.98. The lowest BCUT2D eigenvalue weighted by Gasteiger charge is -2.27. The van der Waals surface area contributed by atoms with Gasteiger partial charge in [0.05, 0.1) is 11.9 Å². The second kappa shape index (κ2) is 5.43. The molecule has 1 amide bonds. The first-order valence-electron chi connectivity index (χ1n) is 4.10. The van der Waals surface area contributed by atoms with Crippen LogP contribution in [0.25, 0.3) is 0 Å². The number of amides is 1. The molecule has 72 valence electrons. The van der Waals surface area contributed by atoms with Crippen LogP contribution in [0.3, 0.4) is 0 Å². The number of aliphatic hydroxyl groups excluding tert-OH is 1. The van der Waals surface area contributed by atoms with Gasteiger partial charge in [-0.15, -0.1) is 0 Å². The Hall–Kier alpha value is -0.220. The zero-order chi connectivity index (χ0) is 9.72. The first-order chi connectivity index (χ1) is 5.50. The third-order valence-electron chi connectivity index (χ3n) is 1.60. The summed E-state index contributed by atoms with van der Waals surface area (Å²) in [5.74, 6) is -0.0256. The summed E-state index contributed by atoms with van der Waals surface area (Å²) >= 11 is 4.05. The number of rotatable bonds is 4. The summed E-state index contributed by atoms with van der Waals surface area (Å²) in [6, 6.07) is 0.124. The van der Waals surface area contributed by atoms with E-state index in [0.29, 0.717) is 6.54 Å². The highest BCUT2D eigenvalue weighted by Gasteiger charge is 2.19. The molecule has 0 bridgehead atoms. The van der Waals surface area contributed by atoms with Crippen molar-refractivity contribution in [2.75, 3.05) is 13.2 Å². The monoisotopic (exact) mass is 191 g/mol. The molecule has 3 nitrogen and oxygen atoms in total. The molecule has 0 spiro atoms. The number of carbonyl (C=O) groups is 1. The number of hydrogen-bond donors (Lipinski definition) is 2. The zero-order valence-corrected chi connectivity index (χ0v) is 8.71. The van der Waals surface area contributed by atoms with Gasteiger partial charge in [0.25, 0.3) is 0 Å². The number of thiol groups is 1. The summed E-state index contributed by atoms with van der Waals surface area (Å²) in [7, 11) is 0. The number of nitrogens with zero attached hydrogens (tertiary/aromatic N) is 1. The van der Waals surface area contributed by atoms with Crippen molar-refractivity contribution in [2.45, 2.75) is 32.1 Å². The van der Waals surface area contributed by atoms with Gasteiger partial charge < -0.3 is 10.0 Å². The zero-order valence-electron chi connectivity index (χ0n) is 7.82. The molecule has 0 aliphatic rings. The summed E-state index contributed by atoms with van der Waals surface area (Å²) in [6.07, 6.45) is 0. The Morgan fingerprint density at radius 3 is 2.25 bits per heavy atom. The molecule has 0 aromatic carbocycles. The van der Waals surface area contributed by atoms with Gasteiger partial charge in [0.1, 0.15) is 0 Å². The maximum atomic E-state index is 11.4. The number of aliphatic hydroxyl groups is 1. The second-order valence-electron chi connectivity index (χ2n) is 3.02. The van der Waals surface area contributed by atoms with E-state index < -0.39 is 0 Å². The number of carbonyl (C=O) groups excluding carboxylic acids is 1. The highest BCUT2D eigenvalue weighted by molar-refractivity contribution is 7.81. The quantitative estimate of drug-likeness (QED) is 0.637. The van der Waals surface area contributed by atoms with Crippen molar-refractivity contribution in [1.29, 1.82) is 0 Å². The predicted molar refractivity (Wildman–Crippen MR) is 52.4 cm³/mol. The minimum Gasteiger partial charge on any atom is -0.395 e. The first-order valence-corrected chi connectivity index (χ1v) is 4.61. The molecule has 0 aliphatic carbocycles. The third kappa shape index (κ3) is 3.45. The molecule has 0 radical (unpaired) electrons. The van der Waals surface area contributed by atoms with Gasteiger partial charge >= 0.3 is 0 Å². The van der Waals surface area contributed by atoms with Crippen LogP contribution in [0.2, 0.25) is 0 Å². The van der Waals surface area contributed by atoms with Crippen LogP contribution in [-0.2, 0) is 4.79 Å². The van der Waals surface area contributed by atoms with Gasteiger partial charge in [-0.05, 0) is 20.8 Å². The van der Waals surface area contributed by atoms with E-state index in [1.807, 2.05) is 13.8 Å². The highest BCUT2D eigenvalue weighted by atomic mass is 32.1. The minimum absolute atomic E-state index is 0.00438. The topological polar surface area (TPSA) is 40.5 Å². The average molecular weight is 191 g/mol. The summed E-state index contributed by atoms with van der Waals surface area (Å²) in [4.78, 5) is 13.0. The maximum absolute atomic E-state index is 11.4. The molecule has 0 aromatic rings. The van der Waals surface area contributed by atoms with Crippen LogP contribution in [0.4, 0.5) is 0 Å². The van der Waals surface area contributed by atoms with Gasteiger partial charge in [-0.3, -0.25) is 4.79 Å². The molecule has 0 heterocycles. The molecular weight excluding hydrogens is 174 g/mol. The largest absolute Gasteiger partial charge is 0.395 e. The molecule has 0 aliphatic heterocycles. The van der Waals surface area contributed by atoms with Crippen molar-refractivity contribution in [2.24, 2.45) is 0 Å². The summed E-state index contributed by atoms with van der Waals surface area (Å²) in [5.41, 5.74) is 0. The van der Waals surface area contributed by atoms with E-state index in [1.165, 1.54) is 0 Å². The Morgan fingerprint density at radius 1 is 1.50 bits per heavy atom. The lowest BCUT2D eigenvalue weighted by Crippen LogP contribution is -2.42. The van der Waals surface area contributed by atoms with E-state index in [2.05, 4.69) is 12.6 Å². The molecule has 1 N–H and O–H groups in total. The molecule has 0 fully saturated rings. The molecule has 0 saturated carbocycles. The molecule has 4 heteroatoms. The Morgan fingerprint density at radius 2 is 2.00 bits per heavy atom. The molecule has 1 unspecified atom stereocenters. The Kier molecular flexibility index (Phi) is 5.33. The lowest BCUT2D eigenvalue weighted by molar-refractivity contribution is -0.132. The molecule has 12 heavy (non-hydrogen) atoms. The van der Waals surface area contributed by atoms with Crippen LogP contribution in [-0.4, -0.2) is 40.4 Å². The van der Waals surface area contributed by atoms with Crippen molar-refractivity contribution in [3.05, 3.63) is 0 Å². The Balaban J connectivity index is 4.19. The van der Waals surface area contributed by atoms with Gasteiger partial charge in [-0.1, -0.05) is 0 Å². The van der Waals surface area contributed by atoms with Crippen molar-refractivity contribution in [1.82, 2.24) is 4.90 Å². The molecule has 1 atom stereocenters. The number of hydrogen-bond acceptors (Lipinski definition) is 3. The fourth-order valence-electron chi connectivity index (χ4n) is 0.971. The van der Waals surface area contributed by atoms with Crippen LogP contribution in [0.5, 0.6) is 0 Å². The van der Waals surface area contributed by atoms with Crippen LogP contribution < -0.4 is 0 Å². The van der Waals surface area contributed by atoms with Crippen molar-refractivity contribution in [3.8, 4) is 0 Å². The smallest absolute Gasteiger partial charge is 0.235 e. The summed E-state index contributed by atoms with van der Waals surface area (Å²) in [6.45, 7) is 5.97. The predicted octanol–water partition coefficient (Wildman–Crippen LogP) is 0.534. The van der Waals surface area contributed by atoms with Crippen LogP contribution in [0, 0.1) is 0 Å². The first kappa shape index (κ1) is 11.8. The third-order valence-corrected chi connectivity index (χ3v) is 1.83. The summed E-state index contributed by atoms with van der Waals surface area (Å²) in [5, 5.41) is 8.40. The molecule has 0 rings (SSSR count). The SMILES string of the molecule is CC(S)C(=O)N(CCO)C(C)C. The van der Waals surface area contributed by atoms with E-state index in [9.17, 15) is 4.79 Å².